The van der Waals surface area contributed by atoms with Crippen LogP contribution < -0.4 is 5.32 Å². The highest BCUT2D eigenvalue weighted by Crippen LogP contribution is 2.28. The number of benzene rings is 1. The van der Waals surface area contributed by atoms with Crippen LogP contribution >= 0.6 is 0 Å². The van der Waals surface area contributed by atoms with Gasteiger partial charge in [0, 0.05) is 19.6 Å². The van der Waals surface area contributed by atoms with Gasteiger partial charge in [0.1, 0.15) is 0 Å². The Balaban J connectivity index is 2.11. The minimum atomic E-state index is -0.276. The van der Waals surface area contributed by atoms with Crippen LogP contribution in [0.25, 0.3) is 0 Å². The highest BCUT2D eigenvalue weighted by molar-refractivity contribution is 5.83. The second-order valence-corrected chi connectivity index (χ2v) is 6.02. The van der Waals surface area contributed by atoms with Gasteiger partial charge in [-0.05, 0) is 44.0 Å². The molecule has 0 aromatic heterocycles. The summed E-state index contributed by atoms with van der Waals surface area (Å²) in [4.78, 5) is 14.8. The van der Waals surface area contributed by atoms with Crippen molar-refractivity contribution in [3.8, 4) is 6.07 Å². The van der Waals surface area contributed by atoms with Gasteiger partial charge in [0.25, 0.3) is 0 Å². The van der Waals surface area contributed by atoms with E-state index in [2.05, 4.69) is 25.2 Å². The lowest BCUT2D eigenvalue weighted by atomic mass is 9.88. The zero-order valence-electron chi connectivity index (χ0n) is 12.9. The average Bonchev–Trinajstić information content (AvgIpc) is 2.95. The first-order chi connectivity index (χ1) is 10.1. The summed E-state index contributed by atoms with van der Waals surface area (Å²) < 4.78 is 0. The second-order valence-electron chi connectivity index (χ2n) is 6.02. The molecule has 1 unspecified atom stereocenters. The molecule has 1 aromatic rings. The Kier molecular flexibility index (Phi) is 4.98. The van der Waals surface area contributed by atoms with E-state index in [1.54, 1.807) is 0 Å². The Bertz CT molecular complexity index is 524. The molecule has 2 rings (SSSR count). The molecule has 1 fully saturated rings. The molecule has 21 heavy (non-hydrogen) atoms. The molecule has 1 heterocycles. The maximum absolute atomic E-state index is 12.8. The van der Waals surface area contributed by atoms with Gasteiger partial charge in [-0.1, -0.05) is 19.1 Å². The summed E-state index contributed by atoms with van der Waals surface area (Å²) in [6.45, 7) is 7.21. The SMILES string of the molecule is CCCN(Cc1ccc(C#N)cc1)C(=O)C1(C)CCNC1. The van der Waals surface area contributed by atoms with Crippen molar-refractivity contribution < 1.29 is 4.79 Å². The topological polar surface area (TPSA) is 56.1 Å². The standard InChI is InChI=1S/C17H23N3O/c1-3-10-20(16(21)17(2)8-9-19-13-17)12-15-6-4-14(11-18)5-7-15/h4-7,19H,3,8-10,12-13H2,1-2H3. The molecular weight excluding hydrogens is 262 g/mol. The van der Waals surface area contributed by atoms with Gasteiger partial charge in [-0.3, -0.25) is 4.79 Å². The van der Waals surface area contributed by atoms with Gasteiger partial charge in [-0.2, -0.15) is 5.26 Å². The summed E-state index contributed by atoms with van der Waals surface area (Å²) >= 11 is 0. The van der Waals surface area contributed by atoms with Crippen molar-refractivity contribution >= 4 is 5.91 Å². The number of nitrogens with one attached hydrogen (secondary N) is 1. The van der Waals surface area contributed by atoms with E-state index in [-0.39, 0.29) is 11.3 Å². The summed E-state index contributed by atoms with van der Waals surface area (Å²) in [7, 11) is 0. The minimum absolute atomic E-state index is 0.235. The number of carbonyl (C=O) groups is 1. The lowest BCUT2D eigenvalue weighted by molar-refractivity contribution is -0.141. The maximum Gasteiger partial charge on any atom is 0.230 e. The molecule has 112 valence electrons. The smallest absolute Gasteiger partial charge is 0.230 e. The molecule has 1 aromatic carbocycles. The Labute approximate surface area is 126 Å². The number of amides is 1. The van der Waals surface area contributed by atoms with E-state index in [1.165, 1.54) is 0 Å². The number of hydrogen-bond donors (Lipinski definition) is 1. The molecule has 0 spiro atoms. The summed E-state index contributed by atoms with van der Waals surface area (Å²) in [5.74, 6) is 0.235. The van der Waals surface area contributed by atoms with Crippen molar-refractivity contribution in [3.63, 3.8) is 0 Å². The van der Waals surface area contributed by atoms with Crippen molar-refractivity contribution in [2.75, 3.05) is 19.6 Å². The van der Waals surface area contributed by atoms with Crippen molar-refractivity contribution in [1.82, 2.24) is 10.2 Å². The van der Waals surface area contributed by atoms with Gasteiger partial charge in [-0.25, -0.2) is 0 Å². The van der Waals surface area contributed by atoms with E-state index < -0.39 is 0 Å². The number of rotatable bonds is 5. The van der Waals surface area contributed by atoms with E-state index in [0.29, 0.717) is 12.1 Å². The highest BCUT2D eigenvalue weighted by Gasteiger charge is 2.38. The number of nitrogens with zero attached hydrogens (tertiary/aromatic N) is 2. The fourth-order valence-corrected chi connectivity index (χ4v) is 2.81. The molecule has 4 nitrogen and oxygen atoms in total. The second kappa shape index (κ2) is 6.73. The molecule has 1 aliphatic rings. The van der Waals surface area contributed by atoms with Gasteiger partial charge in [0.15, 0.2) is 0 Å². The summed E-state index contributed by atoms with van der Waals surface area (Å²) in [5.41, 5.74) is 1.45. The highest BCUT2D eigenvalue weighted by atomic mass is 16.2. The molecule has 1 atom stereocenters. The molecule has 1 aliphatic heterocycles. The molecule has 0 radical (unpaired) electrons. The van der Waals surface area contributed by atoms with Gasteiger partial charge in [-0.15, -0.1) is 0 Å². The molecule has 1 amide bonds. The summed E-state index contributed by atoms with van der Waals surface area (Å²) in [6, 6.07) is 9.60. The molecular formula is C17H23N3O. The minimum Gasteiger partial charge on any atom is -0.338 e. The third-order valence-corrected chi connectivity index (χ3v) is 4.12. The number of carbonyl (C=O) groups excluding carboxylic acids is 1. The maximum atomic E-state index is 12.8. The predicted molar refractivity (Wildman–Crippen MR) is 82.5 cm³/mol. The van der Waals surface area contributed by atoms with Gasteiger partial charge in [0.2, 0.25) is 5.91 Å². The van der Waals surface area contributed by atoms with Crippen LogP contribution in [-0.4, -0.2) is 30.4 Å². The number of nitriles is 1. The Morgan fingerprint density at radius 3 is 2.67 bits per heavy atom. The van der Waals surface area contributed by atoms with Crippen molar-refractivity contribution in [2.24, 2.45) is 5.41 Å². The molecule has 0 aliphatic carbocycles. The molecule has 0 bridgehead atoms. The van der Waals surface area contributed by atoms with Crippen LogP contribution in [0.1, 0.15) is 37.8 Å². The average molecular weight is 285 g/mol. The van der Waals surface area contributed by atoms with Crippen molar-refractivity contribution in [3.05, 3.63) is 35.4 Å². The first kappa shape index (κ1) is 15.5. The predicted octanol–water partition coefficient (Wildman–Crippen LogP) is 2.30. The zero-order valence-corrected chi connectivity index (χ0v) is 12.9. The van der Waals surface area contributed by atoms with Crippen LogP contribution in [-0.2, 0) is 11.3 Å². The third-order valence-electron chi connectivity index (χ3n) is 4.12. The van der Waals surface area contributed by atoms with E-state index >= 15 is 0 Å². The van der Waals surface area contributed by atoms with Gasteiger partial charge < -0.3 is 10.2 Å². The quantitative estimate of drug-likeness (QED) is 0.903. The number of hydrogen-bond acceptors (Lipinski definition) is 3. The lowest BCUT2D eigenvalue weighted by Crippen LogP contribution is -2.43. The lowest BCUT2D eigenvalue weighted by Gasteiger charge is -2.31. The van der Waals surface area contributed by atoms with E-state index in [9.17, 15) is 4.79 Å². The Morgan fingerprint density at radius 2 is 2.14 bits per heavy atom. The molecule has 1 saturated heterocycles. The normalized spacial score (nSPS) is 21.0. The van der Waals surface area contributed by atoms with E-state index in [0.717, 1.165) is 38.0 Å². The van der Waals surface area contributed by atoms with Crippen molar-refractivity contribution in [2.45, 2.75) is 33.2 Å². The van der Waals surface area contributed by atoms with Crippen molar-refractivity contribution in [1.29, 1.82) is 5.26 Å². The largest absolute Gasteiger partial charge is 0.338 e. The molecule has 4 heteroatoms. The van der Waals surface area contributed by atoms with Crippen LogP contribution in [0.15, 0.2) is 24.3 Å². The summed E-state index contributed by atoms with van der Waals surface area (Å²) in [6.07, 6.45) is 1.85. The molecule has 0 saturated carbocycles. The van der Waals surface area contributed by atoms with Crippen LogP contribution in [0.5, 0.6) is 0 Å². The van der Waals surface area contributed by atoms with Crippen LogP contribution in [0.4, 0.5) is 0 Å². The van der Waals surface area contributed by atoms with Crippen LogP contribution in [0.2, 0.25) is 0 Å². The van der Waals surface area contributed by atoms with E-state index in [4.69, 9.17) is 5.26 Å². The monoisotopic (exact) mass is 285 g/mol. The first-order valence-corrected chi connectivity index (χ1v) is 7.58. The van der Waals surface area contributed by atoms with Crippen LogP contribution in [0, 0.1) is 16.7 Å². The van der Waals surface area contributed by atoms with Crippen LogP contribution in [0.3, 0.4) is 0 Å². The fourth-order valence-electron chi connectivity index (χ4n) is 2.81. The third kappa shape index (κ3) is 3.62. The summed E-state index contributed by atoms with van der Waals surface area (Å²) in [5, 5.41) is 12.1. The first-order valence-electron chi connectivity index (χ1n) is 7.58. The van der Waals surface area contributed by atoms with Gasteiger partial charge >= 0.3 is 0 Å². The Hall–Kier alpha value is -1.86. The fraction of sp³-hybridized carbons (Fsp3) is 0.529. The Morgan fingerprint density at radius 1 is 1.43 bits per heavy atom. The molecule has 1 N–H and O–H groups in total. The van der Waals surface area contributed by atoms with E-state index in [1.807, 2.05) is 29.2 Å². The zero-order chi connectivity index (χ0) is 15.3. The van der Waals surface area contributed by atoms with Gasteiger partial charge in [0.05, 0.1) is 17.0 Å².